The van der Waals surface area contributed by atoms with Gasteiger partial charge in [0, 0.05) is 26.2 Å². The number of amides is 4. The number of carbonyl (C=O) groups excluding carboxylic acids is 2. The molecule has 1 rings (SSSR count). The molecule has 0 atom stereocenters. The number of urea groups is 2. The van der Waals surface area contributed by atoms with Crippen LogP contribution in [0.2, 0.25) is 0 Å². The fourth-order valence-electron chi connectivity index (χ4n) is 1.15. The minimum Gasteiger partial charge on any atom is -0.351 e. The van der Waals surface area contributed by atoms with Crippen LogP contribution in [-0.4, -0.2) is 48.0 Å². The van der Waals surface area contributed by atoms with Crippen LogP contribution in [0.3, 0.4) is 0 Å². The van der Waals surface area contributed by atoms with Crippen LogP contribution in [-0.2, 0) is 0 Å². The summed E-state index contributed by atoms with van der Waals surface area (Å²) in [5.74, 6) is 0. The van der Waals surface area contributed by atoms with Gasteiger partial charge in [-0.2, -0.15) is 0 Å². The molecule has 12 heavy (non-hydrogen) atoms. The zero-order valence-corrected chi connectivity index (χ0v) is 6.69. The Hall–Kier alpha value is -1.46. The van der Waals surface area contributed by atoms with Gasteiger partial charge in [0.2, 0.25) is 0 Å². The van der Waals surface area contributed by atoms with Crippen LogP contribution in [0.4, 0.5) is 9.59 Å². The SMILES string of the molecule is NC(=O)N1CCN(C(N)=O)CC1. The standard InChI is InChI=1S/C6H12N4O2/c7-5(11)9-1-2-10(4-3-9)6(8)12/h1-4H2,(H2,7,11)(H2,8,12). The maximum atomic E-state index is 10.6. The lowest BCUT2D eigenvalue weighted by Gasteiger charge is -2.32. The van der Waals surface area contributed by atoms with E-state index in [2.05, 4.69) is 0 Å². The van der Waals surface area contributed by atoms with Crippen LogP contribution in [0.5, 0.6) is 0 Å². The van der Waals surface area contributed by atoms with E-state index in [0.717, 1.165) is 0 Å². The average molecular weight is 172 g/mol. The first kappa shape index (κ1) is 8.63. The molecular formula is C6H12N4O2. The number of carbonyl (C=O) groups is 2. The summed E-state index contributed by atoms with van der Waals surface area (Å²) >= 11 is 0. The lowest BCUT2D eigenvalue weighted by molar-refractivity contribution is 0.152. The summed E-state index contributed by atoms with van der Waals surface area (Å²) in [6, 6.07) is -0.891. The van der Waals surface area contributed by atoms with E-state index in [9.17, 15) is 9.59 Å². The van der Waals surface area contributed by atoms with E-state index in [1.54, 1.807) is 0 Å². The number of hydrogen-bond acceptors (Lipinski definition) is 2. The van der Waals surface area contributed by atoms with Crippen molar-refractivity contribution in [2.75, 3.05) is 26.2 Å². The Balaban J connectivity index is 2.39. The van der Waals surface area contributed by atoms with Gasteiger partial charge < -0.3 is 21.3 Å². The molecule has 1 heterocycles. The zero-order chi connectivity index (χ0) is 9.14. The molecule has 6 heteroatoms. The molecule has 0 aromatic carbocycles. The topological polar surface area (TPSA) is 92.7 Å². The Morgan fingerprint density at radius 3 is 1.25 bits per heavy atom. The first-order valence-corrected chi connectivity index (χ1v) is 3.70. The summed E-state index contributed by atoms with van der Waals surface area (Å²) in [6.07, 6.45) is 0. The molecule has 4 amide bonds. The van der Waals surface area contributed by atoms with E-state index >= 15 is 0 Å². The smallest absolute Gasteiger partial charge is 0.314 e. The molecule has 68 valence electrons. The van der Waals surface area contributed by atoms with Crippen molar-refractivity contribution in [3.63, 3.8) is 0 Å². The van der Waals surface area contributed by atoms with Crippen molar-refractivity contribution in [1.82, 2.24) is 9.80 Å². The third kappa shape index (κ3) is 1.77. The quantitative estimate of drug-likeness (QED) is 0.478. The highest BCUT2D eigenvalue weighted by molar-refractivity contribution is 5.74. The van der Waals surface area contributed by atoms with Gasteiger partial charge in [-0.1, -0.05) is 0 Å². The van der Waals surface area contributed by atoms with Crippen molar-refractivity contribution >= 4 is 12.1 Å². The highest BCUT2D eigenvalue weighted by atomic mass is 16.2. The van der Waals surface area contributed by atoms with Gasteiger partial charge in [-0.15, -0.1) is 0 Å². The predicted octanol–water partition coefficient (Wildman–Crippen LogP) is -1.24. The Bertz CT molecular complexity index is 176. The van der Waals surface area contributed by atoms with E-state index < -0.39 is 12.1 Å². The van der Waals surface area contributed by atoms with Gasteiger partial charge in [0.25, 0.3) is 0 Å². The van der Waals surface area contributed by atoms with Crippen LogP contribution in [0.25, 0.3) is 0 Å². The van der Waals surface area contributed by atoms with Crippen molar-refractivity contribution in [2.24, 2.45) is 11.5 Å². The molecule has 1 aliphatic heterocycles. The maximum Gasteiger partial charge on any atom is 0.314 e. The van der Waals surface area contributed by atoms with Crippen molar-refractivity contribution in [3.05, 3.63) is 0 Å². The summed E-state index contributed by atoms with van der Waals surface area (Å²) in [7, 11) is 0. The fraction of sp³-hybridized carbons (Fsp3) is 0.667. The molecule has 1 saturated heterocycles. The highest BCUT2D eigenvalue weighted by Gasteiger charge is 2.20. The van der Waals surface area contributed by atoms with Gasteiger partial charge >= 0.3 is 12.1 Å². The van der Waals surface area contributed by atoms with Gasteiger partial charge in [0.1, 0.15) is 0 Å². The Morgan fingerprint density at radius 2 is 1.08 bits per heavy atom. The molecule has 1 aliphatic rings. The van der Waals surface area contributed by atoms with Crippen LogP contribution < -0.4 is 11.5 Å². The molecule has 0 aliphatic carbocycles. The van der Waals surface area contributed by atoms with Crippen LogP contribution in [0.15, 0.2) is 0 Å². The van der Waals surface area contributed by atoms with E-state index in [1.165, 1.54) is 9.80 Å². The molecule has 0 unspecified atom stereocenters. The van der Waals surface area contributed by atoms with Crippen molar-refractivity contribution < 1.29 is 9.59 Å². The molecular weight excluding hydrogens is 160 g/mol. The van der Waals surface area contributed by atoms with Crippen molar-refractivity contribution in [2.45, 2.75) is 0 Å². The second kappa shape index (κ2) is 3.29. The summed E-state index contributed by atoms with van der Waals surface area (Å²) in [6.45, 7) is 1.88. The van der Waals surface area contributed by atoms with Crippen LogP contribution in [0, 0.1) is 0 Å². The summed E-state index contributed by atoms with van der Waals surface area (Å²) in [5, 5.41) is 0. The second-order valence-corrected chi connectivity index (χ2v) is 2.65. The molecule has 0 aromatic rings. The minimum atomic E-state index is -0.445. The zero-order valence-electron chi connectivity index (χ0n) is 6.69. The van der Waals surface area contributed by atoms with E-state index in [0.29, 0.717) is 26.2 Å². The second-order valence-electron chi connectivity index (χ2n) is 2.65. The lowest BCUT2D eigenvalue weighted by atomic mass is 10.3. The van der Waals surface area contributed by atoms with E-state index in [4.69, 9.17) is 11.5 Å². The molecule has 1 fully saturated rings. The minimum absolute atomic E-state index is 0.445. The average Bonchev–Trinajstić information content (AvgIpc) is 2.04. The summed E-state index contributed by atoms with van der Waals surface area (Å²) in [5.41, 5.74) is 10.1. The molecule has 4 N–H and O–H groups in total. The summed E-state index contributed by atoms with van der Waals surface area (Å²) < 4.78 is 0. The normalized spacial score (nSPS) is 17.7. The van der Waals surface area contributed by atoms with E-state index in [-0.39, 0.29) is 0 Å². The molecule has 0 saturated carbocycles. The Kier molecular flexibility index (Phi) is 2.37. The van der Waals surface area contributed by atoms with Crippen molar-refractivity contribution in [1.29, 1.82) is 0 Å². The maximum absolute atomic E-state index is 10.6. The first-order chi connectivity index (χ1) is 5.61. The molecule has 0 radical (unpaired) electrons. The monoisotopic (exact) mass is 172 g/mol. The molecule has 0 spiro atoms. The largest absolute Gasteiger partial charge is 0.351 e. The van der Waals surface area contributed by atoms with Gasteiger partial charge in [0.05, 0.1) is 0 Å². The van der Waals surface area contributed by atoms with Crippen molar-refractivity contribution in [3.8, 4) is 0 Å². The number of primary amides is 2. The lowest BCUT2D eigenvalue weighted by Crippen LogP contribution is -2.53. The molecule has 0 aromatic heterocycles. The number of nitrogens with zero attached hydrogens (tertiary/aromatic N) is 2. The van der Waals surface area contributed by atoms with Gasteiger partial charge in [-0.3, -0.25) is 0 Å². The third-order valence-electron chi connectivity index (χ3n) is 1.90. The Morgan fingerprint density at radius 1 is 0.833 bits per heavy atom. The van der Waals surface area contributed by atoms with Gasteiger partial charge in [-0.05, 0) is 0 Å². The van der Waals surface area contributed by atoms with Gasteiger partial charge in [-0.25, -0.2) is 9.59 Å². The number of nitrogens with two attached hydrogens (primary N) is 2. The molecule has 6 nitrogen and oxygen atoms in total. The van der Waals surface area contributed by atoms with Crippen LogP contribution >= 0.6 is 0 Å². The van der Waals surface area contributed by atoms with E-state index in [1.807, 2.05) is 0 Å². The van der Waals surface area contributed by atoms with Gasteiger partial charge in [0.15, 0.2) is 0 Å². The molecule has 0 bridgehead atoms. The number of hydrogen-bond donors (Lipinski definition) is 2. The Labute approximate surface area is 70.1 Å². The first-order valence-electron chi connectivity index (χ1n) is 3.70. The number of piperazine rings is 1. The number of rotatable bonds is 0. The highest BCUT2D eigenvalue weighted by Crippen LogP contribution is 1.99. The summed E-state index contributed by atoms with van der Waals surface area (Å²) in [4.78, 5) is 24.3. The predicted molar refractivity (Wildman–Crippen MR) is 42.3 cm³/mol. The fourth-order valence-corrected chi connectivity index (χ4v) is 1.15. The van der Waals surface area contributed by atoms with Crippen LogP contribution in [0.1, 0.15) is 0 Å². The third-order valence-corrected chi connectivity index (χ3v) is 1.90.